The third kappa shape index (κ3) is 3.27. The Morgan fingerprint density at radius 3 is 2.93 bits per heavy atom. The summed E-state index contributed by atoms with van der Waals surface area (Å²) in [5, 5.41) is 11.9. The molecule has 2 N–H and O–H groups in total. The second kappa shape index (κ2) is 5.38. The number of rotatable bonds is 6. The Labute approximate surface area is 89.1 Å². The minimum absolute atomic E-state index is 0.550. The van der Waals surface area contributed by atoms with E-state index >= 15 is 0 Å². The van der Waals surface area contributed by atoms with Gasteiger partial charge in [-0.05, 0) is 6.42 Å². The van der Waals surface area contributed by atoms with Crippen LogP contribution in [0.4, 0.5) is 5.95 Å². The van der Waals surface area contributed by atoms with Gasteiger partial charge in [0, 0.05) is 19.4 Å². The number of aliphatic carboxylic acids is 1. The number of imidazole rings is 1. The highest BCUT2D eigenvalue weighted by Gasteiger charge is 2.17. The molecule has 0 fully saturated rings. The number of hydrogen-bond acceptors (Lipinski definition) is 3. The second-order valence-electron chi connectivity index (χ2n) is 3.54. The molecular weight excluding hydrogens is 194 g/mol. The maximum atomic E-state index is 10.9. The van der Waals surface area contributed by atoms with Crippen molar-refractivity contribution in [2.75, 3.05) is 5.32 Å². The number of unbranched alkanes of at least 4 members (excludes halogenated alkanes) is 1. The zero-order chi connectivity index (χ0) is 11.3. The first-order valence-corrected chi connectivity index (χ1v) is 5.11. The third-order valence-electron chi connectivity index (χ3n) is 2.27. The van der Waals surface area contributed by atoms with E-state index in [1.807, 2.05) is 14.0 Å². The van der Waals surface area contributed by atoms with Gasteiger partial charge in [-0.15, -0.1) is 0 Å². The Kier molecular flexibility index (Phi) is 4.15. The molecule has 0 saturated carbocycles. The highest BCUT2D eigenvalue weighted by Crippen LogP contribution is 2.08. The molecule has 0 saturated heterocycles. The minimum atomic E-state index is -0.827. The molecule has 0 spiro atoms. The molecule has 15 heavy (non-hydrogen) atoms. The van der Waals surface area contributed by atoms with Crippen molar-refractivity contribution in [2.45, 2.75) is 32.2 Å². The highest BCUT2D eigenvalue weighted by atomic mass is 16.4. The van der Waals surface area contributed by atoms with Gasteiger partial charge >= 0.3 is 5.97 Å². The first-order chi connectivity index (χ1) is 7.15. The Hall–Kier alpha value is -1.52. The Bertz CT molecular complexity index is 322. The lowest BCUT2D eigenvalue weighted by molar-refractivity contribution is -0.138. The third-order valence-corrected chi connectivity index (χ3v) is 2.27. The number of nitrogens with one attached hydrogen (secondary N) is 1. The lowest BCUT2D eigenvalue weighted by atomic mass is 10.1. The monoisotopic (exact) mass is 211 g/mol. The van der Waals surface area contributed by atoms with Crippen LogP contribution in [0.2, 0.25) is 0 Å². The number of carboxylic acids is 1. The molecule has 0 radical (unpaired) electrons. The molecule has 1 heterocycles. The van der Waals surface area contributed by atoms with Crippen LogP contribution in [0.25, 0.3) is 0 Å². The molecule has 1 rings (SSSR count). The van der Waals surface area contributed by atoms with Gasteiger partial charge in [-0.3, -0.25) is 0 Å². The van der Waals surface area contributed by atoms with Gasteiger partial charge in [0.1, 0.15) is 6.04 Å². The van der Waals surface area contributed by atoms with Crippen LogP contribution in [0.5, 0.6) is 0 Å². The highest BCUT2D eigenvalue weighted by molar-refractivity contribution is 5.76. The van der Waals surface area contributed by atoms with Crippen LogP contribution in [-0.2, 0) is 11.8 Å². The quantitative estimate of drug-likeness (QED) is 0.747. The molecule has 0 amide bonds. The molecule has 1 unspecified atom stereocenters. The lowest BCUT2D eigenvalue weighted by Crippen LogP contribution is -2.30. The molecule has 1 aromatic heterocycles. The number of carboxylic acid groups (broad SMARTS) is 1. The standard InChI is InChI=1S/C10H17N3O2/c1-3-4-5-8(9(14)15)12-10-11-6-7-13(10)2/h6-8H,3-5H2,1-2H3,(H,11,12)(H,14,15). The SMILES string of the molecule is CCCCC(Nc1nccn1C)C(=O)O. The molecular formula is C10H17N3O2. The van der Waals surface area contributed by atoms with Crippen molar-refractivity contribution >= 4 is 11.9 Å². The largest absolute Gasteiger partial charge is 0.480 e. The molecule has 0 aliphatic rings. The summed E-state index contributed by atoms with van der Waals surface area (Å²) < 4.78 is 1.77. The fraction of sp³-hybridized carbons (Fsp3) is 0.600. The average molecular weight is 211 g/mol. The number of anilines is 1. The zero-order valence-corrected chi connectivity index (χ0v) is 9.10. The number of aromatic nitrogens is 2. The van der Waals surface area contributed by atoms with Gasteiger partial charge in [0.25, 0.3) is 0 Å². The van der Waals surface area contributed by atoms with E-state index < -0.39 is 12.0 Å². The van der Waals surface area contributed by atoms with Crippen molar-refractivity contribution < 1.29 is 9.90 Å². The van der Waals surface area contributed by atoms with Gasteiger partial charge in [-0.25, -0.2) is 9.78 Å². The van der Waals surface area contributed by atoms with Crippen LogP contribution in [-0.4, -0.2) is 26.7 Å². The van der Waals surface area contributed by atoms with E-state index in [-0.39, 0.29) is 0 Å². The molecule has 0 aliphatic carbocycles. The van der Waals surface area contributed by atoms with E-state index in [1.54, 1.807) is 17.0 Å². The molecule has 5 heteroatoms. The predicted octanol–water partition coefficient (Wildman–Crippen LogP) is 1.48. The van der Waals surface area contributed by atoms with Crippen LogP contribution in [0, 0.1) is 0 Å². The van der Waals surface area contributed by atoms with Crippen molar-refractivity contribution in [3.05, 3.63) is 12.4 Å². The van der Waals surface area contributed by atoms with Crippen LogP contribution < -0.4 is 5.32 Å². The normalized spacial score (nSPS) is 12.4. The fourth-order valence-corrected chi connectivity index (χ4v) is 1.33. The first-order valence-electron chi connectivity index (χ1n) is 5.11. The Balaban J connectivity index is 2.59. The Morgan fingerprint density at radius 1 is 1.73 bits per heavy atom. The smallest absolute Gasteiger partial charge is 0.326 e. The predicted molar refractivity (Wildman–Crippen MR) is 57.8 cm³/mol. The van der Waals surface area contributed by atoms with Crippen LogP contribution in [0.3, 0.4) is 0 Å². The van der Waals surface area contributed by atoms with E-state index in [0.29, 0.717) is 12.4 Å². The number of hydrogen-bond donors (Lipinski definition) is 2. The summed E-state index contributed by atoms with van der Waals surface area (Å²) >= 11 is 0. The van der Waals surface area contributed by atoms with Gasteiger partial charge < -0.3 is 15.0 Å². The van der Waals surface area contributed by atoms with Gasteiger partial charge in [-0.1, -0.05) is 19.8 Å². The molecule has 1 atom stereocenters. The summed E-state index contributed by atoms with van der Waals surface area (Å²) in [6.07, 6.45) is 5.93. The minimum Gasteiger partial charge on any atom is -0.480 e. The topological polar surface area (TPSA) is 67.2 Å². The van der Waals surface area contributed by atoms with Gasteiger partial charge in [-0.2, -0.15) is 0 Å². The molecule has 0 bridgehead atoms. The van der Waals surface area contributed by atoms with Crippen molar-refractivity contribution in [3.8, 4) is 0 Å². The molecule has 0 aliphatic heterocycles. The van der Waals surface area contributed by atoms with Crippen LogP contribution in [0.1, 0.15) is 26.2 Å². The summed E-state index contributed by atoms with van der Waals surface area (Å²) in [6, 6.07) is -0.550. The van der Waals surface area contributed by atoms with Crippen LogP contribution in [0.15, 0.2) is 12.4 Å². The number of nitrogens with zero attached hydrogens (tertiary/aromatic N) is 2. The van der Waals surface area contributed by atoms with Gasteiger partial charge in [0.05, 0.1) is 0 Å². The summed E-state index contributed by atoms with van der Waals surface area (Å²) in [5.74, 6) is -0.232. The zero-order valence-electron chi connectivity index (χ0n) is 9.10. The molecule has 84 valence electrons. The van der Waals surface area contributed by atoms with Crippen molar-refractivity contribution in [1.29, 1.82) is 0 Å². The summed E-state index contributed by atoms with van der Waals surface area (Å²) in [5.41, 5.74) is 0. The lowest BCUT2D eigenvalue weighted by Gasteiger charge is -2.14. The fourth-order valence-electron chi connectivity index (χ4n) is 1.33. The van der Waals surface area contributed by atoms with E-state index in [0.717, 1.165) is 12.8 Å². The van der Waals surface area contributed by atoms with Gasteiger partial charge in [0.15, 0.2) is 0 Å². The van der Waals surface area contributed by atoms with Crippen molar-refractivity contribution in [1.82, 2.24) is 9.55 Å². The van der Waals surface area contributed by atoms with Crippen LogP contribution >= 0.6 is 0 Å². The van der Waals surface area contributed by atoms with E-state index in [4.69, 9.17) is 5.11 Å². The van der Waals surface area contributed by atoms with Gasteiger partial charge in [0.2, 0.25) is 5.95 Å². The van der Waals surface area contributed by atoms with E-state index in [9.17, 15) is 4.79 Å². The summed E-state index contributed by atoms with van der Waals surface area (Å²) in [7, 11) is 1.83. The number of carbonyl (C=O) groups is 1. The molecule has 5 nitrogen and oxygen atoms in total. The Morgan fingerprint density at radius 2 is 2.47 bits per heavy atom. The summed E-state index contributed by atoms with van der Waals surface area (Å²) in [6.45, 7) is 2.04. The van der Waals surface area contributed by atoms with Crippen molar-refractivity contribution in [3.63, 3.8) is 0 Å². The maximum Gasteiger partial charge on any atom is 0.326 e. The van der Waals surface area contributed by atoms with E-state index in [1.165, 1.54) is 0 Å². The molecule has 0 aromatic carbocycles. The average Bonchev–Trinajstić information content (AvgIpc) is 2.58. The van der Waals surface area contributed by atoms with Crippen molar-refractivity contribution in [2.24, 2.45) is 7.05 Å². The molecule has 1 aromatic rings. The first kappa shape index (κ1) is 11.6. The second-order valence-corrected chi connectivity index (χ2v) is 3.54. The summed E-state index contributed by atoms with van der Waals surface area (Å²) in [4.78, 5) is 15.0. The van der Waals surface area contributed by atoms with E-state index in [2.05, 4.69) is 10.3 Å². The number of aryl methyl sites for hydroxylation is 1. The maximum absolute atomic E-state index is 10.9.